The highest BCUT2D eigenvalue weighted by Gasteiger charge is 2.31. The van der Waals surface area contributed by atoms with E-state index in [0.717, 1.165) is 37.4 Å². The fourth-order valence-corrected chi connectivity index (χ4v) is 6.25. The maximum Gasteiger partial charge on any atom is 0.303 e. The third-order valence-corrected chi connectivity index (χ3v) is 8.31. The van der Waals surface area contributed by atoms with Gasteiger partial charge in [0.05, 0.1) is 12.6 Å². The fraction of sp³-hybridized carbons (Fsp3) is 0.448. The van der Waals surface area contributed by atoms with E-state index >= 15 is 4.39 Å². The number of carboxylic acids is 1. The van der Waals surface area contributed by atoms with Gasteiger partial charge in [0.1, 0.15) is 23.6 Å². The highest BCUT2D eigenvalue weighted by atomic mass is 32.2. The van der Waals surface area contributed by atoms with Crippen molar-refractivity contribution in [3.05, 3.63) is 65.9 Å². The van der Waals surface area contributed by atoms with E-state index < -0.39 is 23.8 Å². The van der Waals surface area contributed by atoms with Gasteiger partial charge in [-0.25, -0.2) is 13.2 Å². The molecule has 1 N–H and O–H groups in total. The van der Waals surface area contributed by atoms with Gasteiger partial charge in [0, 0.05) is 35.5 Å². The van der Waals surface area contributed by atoms with Crippen molar-refractivity contribution in [3.63, 3.8) is 0 Å². The Kier molecular flexibility index (Phi) is 9.91. The van der Waals surface area contributed by atoms with E-state index in [0.29, 0.717) is 46.9 Å². The molecule has 2 heterocycles. The lowest BCUT2D eigenvalue weighted by Gasteiger charge is -2.38. The molecule has 0 radical (unpaired) electrons. The normalized spacial score (nSPS) is 18.9. The molecule has 0 saturated carbocycles. The molecular weight excluding hydrogens is 513 g/mol. The number of ether oxygens (including phenoxy) is 1. The van der Waals surface area contributed by atoms with E-state index in [4.69, 9.17) is 4.74 Å². The van der Waals surface area contributed by atoms with Gasteiger partial charge in [-0.1, -0.05) is 0 Å². The first kappa shape index (κ1) is 28.2. The maximum atomic E-state index is 15.5. The first-order valence-corrected chi connectivity index (χ1v) is 13.9. The van der Waals surface area contributed by atoms with Crippen LogP contribution >= 0.6 is 11.8 Å². The number of pyridine rings is 1. The zero-order valence-corrected chi connectivity index (χ0v) is 22.2. The number of aromatic nitrogens is 1. The lowest BCUT2D eigenvalue weighted by atomic mass is 9.79. The van der Waals surface area contributed by atoms with Gasteiger partial charge in [-0.05, 0) is 98.3 Å². The van der Waals surface area contributed by atoms with Gasteiger partial charge in [0.25, 0.3) is 0 Å². The highest BCUT2D eigenvalue weighted by molar-refractivity contribution is 7.99. The molecule has 38 heavy (non-hydrogen) atoms. The van der Waals surface area contributed by atoms with Crippen LogP contribution in [0, 0.1) is 23.5 Å². The minimum Gasteiger partial charge on any atom is -0.497 e. The van der Waals surface area contributed by atoms with E-state index in [9.17, 15) is 18.7 Å². The molecular formula is C29H33F3N2O3S. The number of thioether (sulfide) groups is 1. The number of halogens is 3. The SMILES string of the molecule is COc1ccc2nccc(C(F)CC[C@@H]3CCN(CCCSc4cc(F)cc(F)c4)C[C@@H]3CC(=O)O)c2c1. The number of hydrogen-bond acceptors (Lipinski definition) is 5. The van der Waals surface area contributed by atoms with E-state index in [-0.39, 0.29) is 18.3 Å². The smallest absolute Gasteiger partial charge is 0.303 e. The third kappa shape index (κ3) is 7.63. The van der Waals surface area contributed by atoms with Crippen molar-refractivity contribution in [2.24, 2.45) is 11.8 Å². The van der Waals surface area contributed by atoms with Crippen LogP contribution in [0.25, 0.3) is 10.9 Å². The predicted octanol–water partition coefficient (Wildman–Crippen LogP) is 6.91. The minimum atomic E-state index is -1.18. The molecule has 9 heteroatoms. The Morgan fingerprint density at radius 1 is 1.18 bits per heavy atom. The molecule has 0 amide bonds. The van der Waals surface area contributed by atoms with Crippen molar-refractivity contribution in [1.82, 2.24) is 9.88 Å². The van der Waals surface area contributed by atoms with Crippen molar-refractivity contribution in [2.75, 3.05) is 32.5 Å². The van der Waals surface area contributed by atoms with Gasteiger partial charge < -0.3 is 14.7 Å². The highest BCUT2D eigenvalue weighted by Crippen LogP contribution is 2.36. The molecule has 1 fully saturated rings. The summed E-state index contributed by atoms with van der Waals surface area (Å²) in [7, 11) is 1.57. The van der Waals surface area contributed by atoms with Crippen LogP contribution in [0.3, 0.4) is 0 Å². The number of rotatable bonds is 12. The first-order chi connectivity index (χ1) is 18.3. The van der Waals surface area contributed by atoms with E-state index in [1.807, 2.05) is 6.07 Å². The van der Waals surface area contributed by atoms with Crippen molar-refractivity contribution in [2.45, 2.75) is 43.2 Å². The largest absolute Gasteiger partial charge is 0.497 e. The summed E-state index contributed by atoms with van der Waals surface area (Å²) in [4.78, 5) is 18.7. The van der Waals surface area contributed by atoms with Crippen LogP contribution in [0.1, 0.15) is 43.8 Å². The van der Waals surface area contributed by atoms with Gasteiger partial charge in [0.15, 0.2) is 0 Å². The Labute approximate surface area is 225 Å². The van der Waals surface area contributed by atoms with E-state index in [2.05, 4.69) is 9.88 Å². The van der Waals surface area contributed by atoms with Crippen molar-refractivity contribution in [3.8, 4) is 5.75 Å². The lowest BCUT2D eigenvalue weighted by molar-refractivity contribution is -0.139. The molecule has 1 unspecified atom stereocenters. The van der Waals surface area contributed by atoms with Crippen molar-refractivity contribution >= 4 is 28.6 Å². The molecule has 0 aliphatic carbocycles. The predicted molar refractivity (Wildman–Crippen MR) is 143 cm³/mol. The zero-order valence-electron chi connectivity index (χ0n) is 21.4. The number of aliphatic carboxylic acids is 1. The number of piperidine rings is 1. The molecule has 2 aromatic carbocycles. The number of hydrogen-bond donors (Lipinski definition) is 1. The first-order valence-electron chi connectivity index (χ1n) is 12.9. The summed E-state index contributed by atoms with van der Waals surface area (Å²) in [5, 5.41) is 10.2. The van der Waals surface area contributed by atoms with Crippen LogP contribution < -0.4 is 4.74 Å². The Balaban J connectivity index is 1.31. The Hall–Kier alpha value is -2.78. The van der Waals surface area contributed by atoms with Crippen LogP contribution in [0.5, 0.6) is 5.75 Å². The summed E-state index contributed by atoms with van der Waals surface area (Å²) in [5.41, 5.74) is 1.29. The summed E-state index contributed by atoms with van der Waals surface area (Å²) in [6.07, 6.45) is 3.06. The summed E-state index contributed by atoms with van der Waals surface area (Å²) >= 11 is 1.41. The average Bonchev–Trinajstić information content (AvgIpc) is 2.89. The fourth-order valence-electron chi connectivity index (χ4n) is 5.35. The number of fused-ring (bicyclic) bond motifs is 1. The molecule has 5 nitrogen and oxygen atoms in total. The number of nitrogens with zero attached hydrogens (tertiary/aromatic N) is 2. The Bertz CT molecular complexity index is 1220. The van der Waals surface area contributed by atoms with E-state index in [1.54, 1.807) is 31.5 Å². The number of carboxylic acid groups (broad SMARTS) is 1. The molecule has 0 bridgehead atoms. The molecule has 1 aliphatic heterocycles. The van der Waals surface area contributed by atoms with Crippen molar-refractivity contribution < 1.29 is 27.8 Å². The molecule has 0 spiro atoms. The van der Waals surface area contributed by atoms with Crippen LogP contribution in [0.2, 0.25) is 0 Å². The average molecular weight is 547 g/mol. The summed E-state index contributed by atoms with van der Waals surface area (Å²) in [5.74, 6) is -0.568. The minimum absolute atomic E-state index is 0.0484. The van der Waals surface area contributed by atoms with Gasteiger partial charge >= 0.3 is 5.97 Å². The van der Waals surface area contributed by atoms with Crippen LogP contribution in [0.4, 0.5) is 13.2 Å². The summed E-state index contributed by atoms with van der Waals surface area (Å²) in [6, 6.07) is 10.6. The molecule has 1 aromatic heterocycles. The second-order valence-electron chi connectivity index (χ2n) is 9.84. The summed E-state index contributed by atoms with van der Waals surface area (Å²) < 4.78 is 47.5. The monoisotopic (exact) mass is 546 g/mol. The molecule has 1 aliphatic rings. The molecule has 3 aromatic rings. The maximum absolute atomic E-state index is 15.5. The van der Waals surface area contributed by atoms with Gasteiger partial charge in [-0.2, -0.15) is 0 Å². The van der Waals surface area contributed by atoms with Gasteiger partial charge in [-0.3, -0.25) is 9.78 Å². The molecule has 1 saturated heterocycles. The Morgan fingerprint density at radius 3 is 2.71 bits per heavy atom. The molecule has 4 rings (SSSR count). The van der Waals surface area contributed by atoms with Crippen LogP contribution in [-0.4, -0.2) is 53.5 Å². The van der Waals surface area contributed by atoms with Crippen LogP contribution in [0.15, 0.2) is 53.6 Å². The Morgan fingerprint density at radius 2 is 1.97 bits per heavy atom. The number of alkyl halides is 1. The van der Waals surface area contributed by atoms with Crippen LogP contribution in [-0.2, 0) is 4.79 Å². The number of benzene rings is 2. The lowest BCUT2D eigenvalue weighted by Crippen LogP contribution is -2.42. The second kappa shape index (κ2) is 13.3. The van der Waals surface area contributed by atoms with Crippen molar-refractivity contribution in [1.29, 1.82) is 0 Å². The van der Waals surface area contributed by atoms with E-state index in [1.165, 1.54) is 23.9 Å². The third-order valence-electron chi connectivity index (χ3n) is 7.25. The quantitative estimate of drug-likeness (QED) is 0.197. The number of methoxy groups -OCH3 is 1. The second-order valence-corrected chi connectivity index (χ2v) is 11.0. The topological polar surface area (TPSA) is 62.7 Å². The standard InChI is InChI=1S/C29H33F3N2O3S/c1-37-23-4-6-28-26(17-23)25(7-9-33-28)27(32)5-3-19-8-11-34(18-20(19)13-29(35)36)10-2-12-38-24-15-21(30)14-22(31)16-24/h4,6-7,9,14-17,19-20,27H,2-3,5,8,10-13,18H2,1H3,(H,35,36)/t19-,20+,27?/m1/s1. The van der Waals surface area contributed by atoms with Gasteiger partial charge in [-0.15, -0.1) is 11.8 Å². The zero-order chi connectivity index (χ0) is 27.1. The number of likely N-dealkylation sites (tertiary alicyclic amines) is 1. The number of carbonyl (C=O) groups is 1. The molecule has 204 valence electrons. The molecule has 3 atom stereocenters. The summed E-state index contributed by atoms with van der Waals surface area (Å²) in [6.45, 7) is 2.26. The van der Waals surface area contributed by atoms with Gasteiger partial charge in [0.2, 0.25) is 0 Å².